The Morgan fingerprint density at radius 2 is 2.33 bits per heavy atom. The molecule has 3 heteroatoms. The highest BCUT2D eigenvalue weighted by atomic mass is 15.2. The second-order valence-corrected chi connectivity index (χ2v) is 4.50. The molecule has 3 rings (SSSR count). The van der Waals surface area contributed by atoms with Crippen LogP contribution in [0, 0.1) is 5.92 Å². The third-order valence-electron chi connectivity index (χ3n) is 3.52. The summed E-state index contributed by atoms with van der Waals surface area (Å²) in [5, 5.41) is 0. The largest absolute Gasteiger partial charge is 0.367 e. The van der Waals surface area contributed by atoms with Crippen LogP contribution >= 0.6 is 0 Å². The van der Waals surface area contributed by atoms with Crippen molar-refractivity contribution < 1.29 is 0 Å². The van der Waals surface area contributed by atoms with Crippen molar-refractivity contribution in [2.24, 2.45) is 10.9 Å². The zero-order chi connectivity index (χ0) is 10.4. The van der Waals surface area contributed by atoms with E-state index in [1.54, 1.807) is 0 Å². The summed E-state index contributed by atoms with van der Waals surface area (Å²) in [6.07, 6.45) is 6.34. The number of hydrogen-bond acceptors (Lipinski definition) is 3. The molecule has 3 heterocycles. The van der Waals surface area contributed by atoms with Crippen molar-refractivity contribution in [3.05, 3.63) is 29.6 Å². The molecule has 3 aliphatic rings. The third kappa shape index (κ3) is 1.21. The Hall–Kier alpha value is -1.31. The number of aliphatic imine (C=N–C) groups is 1. The third-order valence-corrected chi connectivity index (χ3v) is 3.52. The van der Waals surface area contributed by atoms with Gasteiger partial charge in [-0.15, -0.1) is 0 Å². The molecule has 0 aromatic carbocycles. The van der Waals surface area contributed by atoms with Gasteiger partial charge < -0.3 is 9.80 Å². The van der Waals surface area contributed by atoms with E-state index in [9.17, 15) is 0 Å². The van der Waals surface area contributed by atoms with Crippen LogP contribution in [0.4, 0.5) is 0 Å². The summed E-state index contributed by atoms with van der Waals surface area (Å²) in [4.78, 5) is 8.83. The molecule has 15 heavy (non-hydrogen) atoms. The van der Waals surface area contributed by atoms with Crippen molar-refractivity contribution in [2.45, 2.75) is 6.04 Å². The minimum absolute atomic E-state index is 0.394. The molecule has 0 aromatic rings. The second-order valence-electron chi connectivity index (χ2n) is 4.50. The SMILES string of the molecule is CN1CC=C2C(C1)C1=C=NC=CC1N2C. The average Bonchev–Trinajstić information content (AvgIpc) is 2.54. The molecule has 0 N–H and O–H groups in total. The Kier molecular flexibility index (Phi) is 1.84. The van der Waals surface area contributed by atoms with E-state index >= 15 is 0 Å². The Labute approximate surface area is 90.1 Å². The Morgan fingerprint density at radius 3 is 3.20 bits per heavy atom. The van der Waals surface area contributed by atoms with Crippen LogP contribution in [0.1, 0.15) is 0 Å². The molecule has 3 nitrogen and oxygen atoms in total. The lowest BCUT2D eigenvalue weighted by atomic mass is 9.94. The Bertz CT molecular complexity index is 413. The summed E-state index contributed by atoms with van der Waals surface area (Å²) >= 11 is 0. The highest BCUT2D eigenvalue weighted by Gasteiger charge is 2.40. The molecule has 0 aliphatic carbocycles. The first-order valence-electron chi connectivity index (χ1n) is 5.38. The number of likely N-dealkylation sites (N-methyl/N-ethyl adjacent to an activating group) is 2. The van der Waals surface area contributed by atoms with E-state index < -0.39 is 0 Å². The van der Waals surface area contributed by atoms with Crippen molar-refractivity contribution >= 4 is 5.87 Å². The van der Waals surface area contributed by atoms with Gasteiger partial charge in [0.15, 0.2) is 0 Å². The molecular weight excluding hydrogens is 186 g/mol. The van der Waals surface area contributed by atoms with Gasteiger partial charge in [-0.05, 0) is 19.0 Å². The van der Waals surface area contributed by atoms with Crippen LogP contribution in [0.15, 0.2) is 34.6 Å². The van der Waals surface area contributed by atoms with Crippen LogP contribution in [0.5, 0.6) is 0 Å². The topological polar surface area (TPSA) is 18.8 Å². The maximum atomic E-state index is 4.13. The van der Waals surface area contributed by atoms with Gasteiger partial charge in [-0.1, -0.05) is 6.08 Å². The smallest absolute Gasteiger partial charge is 0.0795 e. The van der Waals surface area contributed by atoms with Crippen LogP contribution in [-0.2, 0) is 0 Å². The van der Waals surface area contributed by atoms with Crippen LogP contribution in [0.2, 0.25) is 0 Å². The monoisotopic (exact) mass is 201 g/mol. The van der Waals surface area contributed by atoms with Crippen molar-refractivity contribution in [1.29, 1.82) is 0 Å². The minimum Gasteiger partial charge on any atom is -0.367 e. The number of rotatable bonds is 0. The Balaban J connectivity index is 2.07. The summed E-state index contributed by atoms with van der Waals surface area (Å²) in [6, 6.07) is 0.394. The molecule has 1 fully saturated rings. The van der Waals surface area contributed by atoms with Gasteiger partial charge in [-0.25, -0.2) is 4.99 Å². The van der Waals surface area contributed by atoms with E-state index in [0.717, 1.165) is 13.1 Å². The van der Waals surface area contributed by atoms with Crippen molar-refractivity contribution in [2.75, 3.05) is 27.2 Å². The second kappa shape index (κ2) is 3.09. The van der Waals surface area contributed by atoms with Crippen molar-refractivity contribution in [1.82, 2.24) is 9.80 Å². The van der Waals surface area contributed by atoms with Crippen LogP contribution < -0.4 is 0 Å². The molecule has 2 atom stereocenters. The molecule has 0 aromatic heterocycles. The first-order chi connectivity index (χ1) is 7.27. The molecular formula is C12H15N3. The molecule has 0 amide bonds. The fraction of sp³-hybridized carbons (Fsp3) is 0.500. The van der Waals surface area contributed by atoms with Gasteiger partial charge >= 0.3 is 0 Å². The van der Waals surface area contributed by atoms with Gasteiger partial charge in [0, 0.05) is 43.5 Å². The fourth-order valence-electron chi connectivity index (χ4n) is 2.71. The van der Waals surface area contributed by atoms with E-state index in [1.807, 2.05) is 6.20 Å². The molecule has 0 radical (unpaired) electrons. The van der Waals surface area contributed by atoms with Gasteiger partial charge in [-0.2, -0.15) is 0 Å². The van der Waals surface area contributed by atoms with Crippen molar-refractivity contribution in [3.8, 4) is 0 Å². The summed E-state index contributed by atoms with van der Waals surface area (Å²) < 4.78 is 0. The van der Waals surface area contributed by atoms with Gasteiger partial charge in [0.05, 0.1) is 6.04 Å². The van der Waals surface area contributed by atoms with E-state index in [4.69, 9.17) is 0 Å². The zero-order valence-electron chi connectivity index (χ0n) is 9.14. The number of nitrogens with zero attached hydrogens (tertiary/aromatic N) is 3. The lowest BCUT2D eigenvalue weighted by Crippen LogP contribution is -2.32. The summed E-state index contributed by atoms with van der Waals surface area (Å²) in [7, 11) is 4.33. The molecule has 0 bridgehead atoms. The standard InChI is InChI=1S/C12H15N3/c1-14-6-4-12-10(8-14)9-7-13-5-3-11(9)15(12)2/h3-5,10-11H,6,8H2,1-2H3. The average molecular weight is 201 g/mol. The van der Waals surface area contributed by atoms with Crippen LogP contribution in [0.3, 0.4) is 0 Å². The molecule has 3 aliphatic heterocycles. The molecule has 0 saturated carbocycles. The summed E-state index contributed by atoms with van der Waals surface area (Å²) in [6.45, 7) is 2.15. The highest BCUT2D eigenvalue weighted by molar-refractivity contribution is 5.67. The number of fused-ring (bicyclic) bond motifs is 3. The van der Waals surface area contributed by atoms with E-state index in [1.165, 1.54) is 11.3 Å². The maximum Gasteiger partial charge on any atom is 0.0795 e. The lowest BCUT2D eigenvalue weighted by molar-refractivity contribution is 0.308. The van der Waals surface area contributed by atoms with Gasteiger partial charge in [0.2, 0.25) is 0 Å². The zero-order valence-corrected chi connectivity index (χ0v) is 9.14. The van der Waals surface area contributed by atoms with Gasteiger partial charge in [-0.3, -0.25) is 0 Å². The number of likely N-dealkylation sites (tertiary alicyclic amines) is 1. The van der Waals surface area contributed by atoms with Gasteiger partial charge in [0.1, 0.15) is 0 Å². The van der Waals surface area contributed by atoms with Crippen molar-refractivity contribution in [3.63, 3.8) is 0 Å². The van der Waals surface area contributed by atoms with Crippen LogP contribution in [-0.4, -0.2) is 48.9 Å². The summed E-state index contributed by atoms with van der Waals surface area (Å²) in [5.74, 6) is 3.68. The first-order valence-corrected chi connectivity index (χ1v) is 5.38. The Morgan fingerprint density at radius 1 is 1.47 bits per heavy atom. The highest BCUT2D eigenvalue weighted by Crippen LogP contribution is 2.38. The lowest BCUT2D eigenvalue weighted by Gasteiger charge is -2.27. The molecule has 1 saturated heterocycles. The normalized spacial score (nSPS) is 33.6. The van der Waals surface area contributed by atoms with E-state index in [0.29, 0.717) is 12.0 Å². The van der Waals surface area contributed by atoms with Gasteiger partial charge in [0.25, 0.3) is 0 Å². The van der Waals surface area contributed by atoms with E-state index in [-0.39, 0.29) is 0 Å². The van der Waals surface area contributed by atoms with Crippen LogP contribution in [0.25, 0.3) is 0 Å². The molecule has 0 spiro atoms. The summed E-state index contributed by atoms with van der Waals surface area (Å²) in [5.41, 5.74) is 2.78. The molecule has 2 unspecified atom stereocenters. The quantitative estimate of drug-likeness (QED) is 0.579. The van der Waals surface area contributed by atoms with E-state index in [2.05, 4.69) is 46.9 Å². The predicted molar refractivity (Wildman–Crippen MR) is 60.7 cm³/mol. The predicted octanol–water partition coefficient (Wildman–Crippen LogP) is 0.869. The maximum absolute atomic E-state index is 4.13. The fourth-order valence-corrected chi connectivity index (χ4v) is 2.71. The number of hydrogen-bond donors (Lipinski definition) is 0. The first kappa shape index (κ1) is 8.96. The minimum atomic E-state index is 0.394. The molecule has 78 valence electrons.